The van der Waals surface area contributed by atoms with Crippen LogP contribution in [0.4, 0.5) is 0 Å². The number of ether oxygens (including phenoxy) is 1. The summed E-state index contributed by atoms with van der Waals surface area (Å²) < 4.78 is 7.85. The van der Waals surface area contributed by atoms with Crippen molar-refractivity contribution < 1.29 is 19.7 Å². The van der Waals surface area contributed by atoms with Crippen molar-refractivity contribution in [1.82, 2.24) is 9.38 Å². The third kappa shape index (κ3) is 2.45. The predicted octanol–water partition coefficient (Wildman–Crippen LogP) is 3.34. The molecule has 2 aromatic carbocycles. The molecule has 0 aliphatic carbocycles. The number of fused-ring (bicyclic) bond motifs is 3. The fourth-order valence-electron chi connectivity index (χ4n) is 2.87. The van der Waals surface area contributed by atoms with Crippen LogP contribution in [0.25, 0.3) is 26.4 Å². The first-order valence-corrected chi connectivity index (χ1v) is 8.37. The van der Waals surface area contributed by atoms with Crippen molar-refractivity contribution in [2.24, 2.45) is 0 Å². The van der Waals surface area contributed by atoms with Gasteiger partial charge in [-0.25, -0.2) is 9.78 Å². The van der Waals surface area contributed by atoms with E-state index in [-0.39, 0.29) is 5.69 Å². The van der Waals surface area contributed by atoms with Gasteiger partial charge in [0.2, 0.25) is 0 Å². The molecule has 126 valence electrons. The van der Waals surface area contributed by atoms with Crippen LogP contribution in [0, 0.1) is 0 Å². The molecule has 4 rings (SSSR count). The number of aliphatic hydroxyl groups is 1. The maximum Gasteiger partial charge on any atom is 0.338 e. The Hall–Kier alpha value is -2.90. The number of hydrogen-bond acceptors (Lipinski definition) is 5. The topological polar surface area (TPSA) is 84.1 Å². The fraction of sp³-hybridized carbons (Fsp3) is 0.111. The Balaban J connectivity index is 2.02. The van der Waals surface area contributed by atoms with Crippen LogP contribution in [-0.4, -0.2) is 32.7 Å². The van der Waals surface area contributed by atoms with E-state index in [4.69, 9.17) is 4.74 Å². The minimum absolute atomic E-state index is 0.255. The number of nitrogens with zero attached hydrogens (tertiary/aromatic N) is 2. The lowest BCUT2D eigenvalue weighted by molar-refractivity contribution is -0.147. The van der Waals surface area contributed by atoms with Gasteiger partial charge in [0, 0.05) is 5.56 Å². The summed E-state index contributed by atoms with van der Waals surface area (Å²) >= 11 is 1.45. The first-order valence-electron chi connectivity index (χ1n) is 7.55. The molecule has 0 aliphatic heterocycles. The number of carboxylic acids is 1. The van der Waals surface area contributed by atoms with Crippen LogP contribution >= 0.6 is 11.3 Å². The maximum absolute atomic E-state index is 11.5. The van der Waals surface area contributed by atoms with Crippen LogP contribution in [0.3, 0.4) is 0 Å². The van der Waals surface area contributed by atoms with E-state index in [9.17, 15) is 15.0 Å². The molecule has 2 heterocycles. The molecule has 2 N–H and O–H groups in total. The Kier molecular flexibility index (Phi) is 3.67. The molecule has 0 amide bonds. The van der Waals surface area contributed by atoms with Crippen LogP contribution < -0.4 is 4.74 Å². The van der Waals surface area contributed by atoms with Gasteiger partial charge < -0.3 is 14.9 Å². The largest absolute Gasteiger partial charge is 0.497 e. The number of hydrogen-bond donors (Lipinski definition) is 2. The van der Waals surface area contributed by atoms with E-state index in [1.807, 2.05) is 24.3 Å². The predicted molar refractivity (Wildman–Crippen MR) is 95.2 cm³/mol. The van der Waals surface area contributed by atoms with Crippen molar-refractivity contribution in [2.75, 3.05) is 7.11 Å². The molecular formula is C18H14N2O4S. The third-order valence-electron chi connectivity index (χ3n) is 4.05. The number of aliphatic carboxylic acids is 1. The van der Waals surface area contributed by atoms with E-state index in [2.05, 4.69) is 4.98 Å². The highest BCUT2D eigenvalue weighted by Gasteiger charge is 2.28. The van der Waals surface area contributed by atoms with Crippen molar-refractivity contribution in [3.63, 3.8) is 0 Å². The molecule has 0 fully saturated rings. The Labute approximate surface area is 146 Å². The molecule has 2 aromatic heterocycles. The molecule has 0 spiro atoms. The normalized spacial score (nSPS) is 12.6. The number of benzene rings is 2. The summed E-state index contributed by atoms with van der Waals surface area (Å²) in [7, 11) is 1.58. The van der Waals surface area contributed by atoms with E-state index in [1.165, 1.54) is 11.3 Å². The van der Waals surface area contributed by atoms with Crippen molar-refractivity contribution in [2.45, 2.75) is 6.10 Å². The molecule has 1 atom stereocenters. The van der Waals surface area contributed by atoms with Crippen LogP contribution in [-0.2, 0) is 4.79 Å². The number of aliphatic hydroxyl groups excluding tert-OH is 1. The molecule has 0 bridgehead atoms. The van der Waals surface area contributed by atoms with E-state index in [1.54, 1.807) is 35.8 Å². The molecule has 6 nitrogen and oxygen atoms in total. The van der Waals surface area contributed by atoms with E-state index in [0.717, 1.165) is 15.8 Å². The molecule has 4 aromatic rings. The first-order chi connectivity index (χ1) is 12.1. The van der Waals surface area contributed by atoms with E-state index < -0.39 is 12.1 Å². The standard InChI is InChI=1S/C18H14N2O4S/c1-24-11-8-6-10(7-9-11)14-15(16(21)17(22)23)20-12-4-2-3-5-13(12)25-18(20)19-14/h2-9,16,21H,1H3,(H,22,23). The van der Waals surface area contributed by atoms with Crippen LogP contribution in [0.15, 0.2) is 48.5 Å². The quantitative estimate of drug-likeness (QED) is 0.587. The van der Waals surface area contributed by atoms with Gasteiger partial charge in [-0.3, -0.25) is 4.40 Å². The SMILES string of the molecule is COc1ccc(-c2nc3sc4ccccc4n3c2C(O)C(=O)O)cc1. The lowest BCUT2D eigenvalue weighted by atomic mass is 10.1. The average Bonchev–Trinajstić information content (AvgIpc) is 3.17. The summed E-state index contributed by atoms with van der Waals surface area (Å²) in [5.74, 6) is -0.623. The molecular weight excluding hydrogens is 340 g/mol. The molecule has 0 aliphatic rings. The molecule has 7 heteroatoms. The number of rotatable bonds is 4. The number of thiazole rings is 1. The zero-order valence-electron chi connectivity index (χ0n) is 13.2. The number of aromatic nitrogens is 2. The van der Waals surface area contributed by atoms with Crippen LogP contribution in [0.2, 0.25) is 0 Å². The summed E-state index contributed by atoms with van der Waals surface area (Å²) in [5.41, 5.74) is 2.25. The number of imidazole rings is 1. The lowest BCUT2D eigenvalue weighted by Crippen LogP contribution is -2.13. The monoisotopic (exact) mass is 354 g/mol. The molecule has 0 radical (unpaired) electrons. The summed E-state index contributed by atoms with van der Waals surface area (Å²) in [4.78, 5) is 16.7. The average molecular weight is 354 g/mol. The number of methoxy groups -OCH3 is 1. The van der Waals surface area contributed by atoms with Crippen LogP contribution in [0.5, 0.6) is 5.75 Å². The molecule has 0 saturated carbocycles. The highest BCUT2D eigenvalue weighted by Crippen LogP contribution is 2.36. The highest BCUT2D eigenvalue weighted by molar-refractivity contribution is 7.23. The zero-order valence-corrected chi connectivity index (χ0v) is 14.0. The van der Waals surface area contributed by atoms with Crippen molar-refractivity contribution >= 4 is 32.5 Å². The van der Waals surface area contributed by atoms with Gasteiger partial charge in [0.05, 0.1) is 28.7 Å². The van der Waals surface area contributed by atoms with Gasteiger partial charge in [0.25, 0.3) is 0 Å². The fourth-order valence-corrected chi connectivity index (χ4v) is 3.90. The summed E-state index contributed by atoms with van der Waals surface area (Å²) in [6, 6.07) is 14.8. The number of para-hydroxylation sites is 1. The molecule has 25 heavy (non-hydrogen) atoms. The van der Waals surface area contributed by atoms with Crippen molar-refractivity contribution in [1.29, 1.82) is 0 Å². The van der Waals surface area contributed by atoms with Crippen LogP contribution in [0.1, 0.15) is 11.8 Å². The second-order valence-corrected chi connectivity index (χ2v) is 6.51. The highest BCUT2D eigenvalue weighted by atomic mass is 32.1. The Morgan fingerprint density at radius 2 is 1.92 bits per heavy atom. The van der Waals surface area contributed by atoms with E-state index >= 15 is 0 Å². The van der Waals surface area contributed by atoms with Crippen molar-refractivity contribution in [3.8, 4) is 17.0 Å². The molecule has 1 unspecified atom stereocenters. The minimum Gasteiger partial charge on any atom is -0.497 e. The molecule has 0 saturated heterocycles. The lowest BCUT2D eigenvalue weighted by Gasteiger charge is -2.09. The van der Waals surface area contributed by atoms with Gasteiger partial charge in [0.1, 0.15) is 5.75 Å². The third-order valence-corrected chi connectivity index (χ3v) is 5.07. The Bertz CT molecular complexity index is 1080. The van der Waals surface area contributed by atoms with Gasteiger partial charge in [0.15, 0.2) is 11.1 Å². The van der Waals surface area contributed by atoms with Gasteiger partial charge >= 0.3 is 5.97 Å². The number of carbonyl (C=O) groups is 1. The smallest absolute Gasteiger partial charge is 0.338 e. The second kappa shape index (κ2) is 5.87. The Morgan fingerprint density at radius 1 is 1.20 bits per heavy atom. The van der Waals surface area contributed by atoms with Gasteiger partial charge in [-0.05, 0) is 36.4 Å². The van der Waals surface area contributed by atoms with E-state index in [0.29, 0.717) is 16.4 Å². The maximum atomic E-state index is 11.5. The zero-order chi connectivity index (χ0) is 17.6. The Morgan fingerprint density at radius 3 is 2.60 bits per heavy atom. The van der Waals surface area contributed by atoms with Gasteiger partial charge in [-0.2, -0.15) is 0 Å². The summed E-state index contributed by atoms with van der Waals surface area (Å²) in [6.07, 6.45) is -1.68. The summed E-state index contributed by atoms with van der Waals surface area (Å²) in [5, 5.41) is 19.7. The number of carboxylic acid groups (broad SMARTS) is 1. The van der Waals surface area contributed by atoms with Gasteiger partial charge in [-0.15, -0.1) is 0 Å². The van der Waals surface area contributed by atoms with Crippen molar-refractivity contribution in [3.05, 3.63) is 54.2 Å². The first kappa shape index (κ1) is 15.6. The summed E-state index contributed by atoms with van der Waals surface area (Å²) in [6.45, 7) is 0. The minimum atomic E-state index is -1.68. The van der Waals surface area contributed by atoms with Gasteiger partial charge in [-0.1, -0.05) is 23.5 Å². The second-order valence-electron chi connectivity index (χ2n) is 5.50.